The van der Waals surface area contributed by atoms with E-state index in [9.17, 15) is 14.4 Å². The number of aromatic nitrogens is 1. The number of nitrogens with one attached hydrogen (secondary N) is 1. The normalized spacial score (nSPS) is 10.3. The zero-order valence-electron chi connectivity index (χ0n) is 16.3. The summed E-state index contributed by atoms with van der Waals surface area (Å²) in [5, 5.41) is 2.73. The molecule has 1 aromatic heterocycles. The second-order valence-corrected chi connectivity index (χ2v) is 6.40. The van der Waals surface area contributed by atoms with Gasteiger partial charge in [-0.05, 0) is 62.4 Å². The van der Waals surface area contributed by atoms with E-state index >= 15 is 0 Å². The average molecular weight is 387 g/mol. The Labute approximate surface area is 169 Å². The van der Waals surface area contributed by atoms with Crippen molar-refractivity contribution >= 4 is 29.0 Å². The third kappa shape index (κ3) is 4.73. The molecule has 0 saturated carbocycles. The van der Waals surface area contributed by atoms with Crippen molar-refractivity contribution in [3.05, 3.63) is 89.7 Å². The maximum atomic E-state index is 12.9. The molecule has 0 unspecified atom stereocenters. The number of anilines is 2. The number of pyridine rings is 1. The van der Waals surface area contributed by atoms with Crippen molar-refractivity contribution in [3.63, 3.8) is 0 Å². The summed E-state index contributed by atoms with van der Waals surface area (Å²) < 4.78 is 0. The zero-order valence-corrected chi connectivity index (χ0v) is 16.3. The largest absolute Gasteiger partial charge is 0.321 e. The zero-order chi connectivity index (χ0) is 20.8. The Bertz CT molecular complexity index is 1030. The van der Waals surface area contributed by atoms with Gasteiger partial charge < -0.3 is 10.2 Å². The first kappa shape index (κ1) is 19.9. The van der Waals surface area contributed by atoms with Gasteiger partial charge in [0.2, 0.25) is 0 Å². The second-order valence-electron chi connectivity index (χ2n) is 6.40. The molecule has 29 heavy (non-hydrogen) atoms. The highest BCUT2D eigenvalue weighted by Crippen LogP contribution is 2.17. The van der Waals surface area contributed by atoms with E-state index < -0.39 is 5.91 Å². The minimum absolute atomic E-state index is 0.0466. The van der Waals surface area contributed by atoms with Crippen molar-refractivity contribution in [3.8, 4) is 0 Å². The summed E-state index contributed by atoms with van der Waals surface area (Å²) in [6.45, 7) is 3.87. The summed E-state index contributed by atoms with van der Waals surface area (Å²) in [7, 11) is 0. The van der Waals surface area contributed by atoms with E-state index in [1.807, 2.05) is 37.3 Å². The van der Waals surface area contributed by atoms with Crippen molar-refractivity contribution in [2.24, 2.45) is 0 Å². The Kier molecular flexibility index (Phi) is 6.14. The molecule has 0 atom stereocenters. The summed E-state index contributed by atoms with van der Waals surface area (Å²) in [6, 6.07) is 19.0. The van der Waals surface area contributed by atoms with Gasteiger partial charge in [0.1, 0.15) is 5.69 Å². The average Bonchev–Trinajstić information content (AvgIpc) is 2.75. The Morgan fingerprint density at radius 3 is 2.24 bits per heavy atom. The van der Waals surface area contributed by atoms with Crippen molar-refractivity contribution in [2.45, 2.75) is 13.8 Å². The predicted octanol–water partition coefficient (Wildman–Crippen LogP) is 4.20. The van der Waals surface area contributed by atoms with E-state index in [-0.39, 0.29) is 17.4 Å². The standard InChI is InChI=1S/C23H21N3O3/c1-3-26(20-7-5-4-6-8-20)23(29)18-13-14-24-21(15-18)22(28)25-19-11-9-17(10-12-19)16(2)27/h4-15H,3H2,1-2H3,(H,25,28). The Balaban J connectivity index is 1.78. The highest BCUT2D eigenvalue weighted by atomic mass is 16.2. The van der Waals surface area contributed by atoms with E-state index in [1.54, 1.807) is 35.2 Å². The van der Waals surface area contributed by atoms with E-state index in [2.05, 4.69) is 10.3 Å². The van der Waals surface area contributed by atoms with Gasteiger partial charge in [0.15, 0.2) is 5.78 Å². The molecule has 0 spiro atoms. The molecule has 2 aromatic carbocycles. The number of benzene rings is 2. The number of ketones is 1. The van der Waals surface area contributed by atoms with Gasteiger partial charge in [0, 0.05) is 35.2 Å². The molecule has 1 N–H and O–H groups in total. The Hall–Kier alpha value is -3.80. The number of hydrogen-bond donors (Lipinski definition) is 1. The summed E-state index contributed by atoms with van der Waals surface area (Å²) >= 11 is 0. The Morgan fingerprint density at radius 1 is 0.931 bits per heavy atom. The molecule has 1 heterocycles. The molecule has 146 valence electrons. The van der Waals surface area contributed by atoms with Crippen LogP contribution in [0.2, 0.25) is 0 Å². The Morgan fingerprint density at radius 2 is 1.62 bits per heavy atom. The molecular weight excluding hydrogens is 366 g/mol. The molecule has 0 saturated heterocycles. The highest BCUT2D eigenvalue weighted by molar-refractivity contribution is 6.09. The van der Waals surface area contributed by atoms with Crippen molar-refractivity contribution < 1.29 is 14.4 Å². The van der Waals surface area contributed by atoms with Gasteiger partial charge in [-0.15, -0.1) is 0 Å². The molecule has 0 aliphatic heterocycles. The van der Waals surface area contributed by atoms with Crippen molar-refractivity contribution in [2.75, 3.05) is 16.8 Å². The first-order chi connectivity index (χ1) is 14.0. The van der Waals surface area contributed by atoms with E-state index in [1.165, 1.54) is 19.2 Å². The fourth-order valence-electron chi connectivity index (χ4n) is 2.88. The number of Topliss-reactive ketones (excluding diaryl/α,β-unsaturated/α-hetero) is 1. The summed E-state index contributed by atoms with van der Waals surface area (Å²) in [4.78, 5) is 42.6. The molecule has 0 fully saturated rings. The molecule has 3 rings (SSSR count). The summed E-state index contributed by atoms with van der Waals surface area (Å²) in [6.07, 6.45) is 1.44. The molecule has 0 radical (unpaired) electrons. The van der Waals surface area contributed by atoms with E-state index in [0.29, 0.717) is 23.4 Å². The number of nitrogens with zero attached hydrogens (tertiary/aromatic N) is 2. The number of carbonyl (C=O) groups excluding carboxylic acids is 3. The lowest BCUT2D eigenvalue weighted by Crippen LogP contribution is -2.30. The van der Waals surface area contributed by atoms with E-state index in [0.717, 1.165) is 5.69 Å². The third-order valence-electron chi connectivity index (χ3n) is 4.42. The van der Waals surface area contributed by atoms with Gasteiger partial charge in [0.25, 0.3) is 11.8 Å². The molecule has 3 aromatic rings. The monoisotopic (exact) mass is 387 g/mol. The number of carbonyl (C=O) groups is 3. The summed E-state index contributed by atoms with van der Waals surface area (Å²) in [5.41, 5.74) is 2.40. The van der Waals surface area contributed by atoms with Crippen LogP contribution in [0.4, 0.5) is 11.4 Å². The van der Waals surface area contributed by atoms with Gasteiger partial charge >= 0.3 is 0 Å². The fourth-order valence-corrected chi connectivity index (χ4v) is 2.88. The van der Waals surface area contributed by atoms with Crippen LogP contribution in [0.5, 0.6) is 0 Å². The van der Waals surface area contributed by atoms with Crippen LogP contribution in [0.15, 0.2) is 72.9 Å². The van der Waals surface area contributed by atoms with Gasteiger partial charge in [-0.25, -0.2) is 0 Å². The van der Waals surface area contributed by atoms with Gasteiger partial charge in [0.05, 0.1) is 0 Å². The van der Waals surface area contributed by atoms with Gasteiger partial charge in [-0.1, -0.05) is 18.2 Å². The number of amides is 2. The minimum Gasteiger partial charge on any atom is -0.321 e. The van der Waals surface area contributed by atoms with Crippen LogP contribution in [0.3, 0.4) is 0 Å². The van der Waals surface area contributed by atoms with Crippen LogP contribution < -0.4 is 10.2 Å². The number of hydrogen-bond acceptors (Lipinski definition) is 4. The fraction of sp³-hybridized carbons (Fsp3) is 0.130. The lowest BCUT2D eigenvalue weighted by Gasteiger charge is -2.21. The number of para-hydroxylation sites is 1. The number of rotatable bonds is 6. The van der Waals surface area contributed by atoms with Gasteiger partial charge in [-0.3, -0.25) is 19.4 Å². The van der Waals surface area contributed by atoms with Crippen LogP contribution in [0.1, 0.15) is 45.1 Å². The van der Waals surface area contributed by atoms with Crippen molar-refractivity contribution in [1.82, 2.24) is 4.98 Å². The molecule has 0 aliphatic carbocycles. The van der Waals surface area contributed by atoms with Crippen LogP contribution in [-0.4, -0.2) is 29.1 Å². The molecule has 0 bridgehead atoms. The van der Waals surface area contributed by atoms with Gasteiger partial charge in [-0.2, -0.15) is 0 Å². The molecule has 2 amide bonds. The minimum atomic E-state index is -0.432. The SMILES string of the molecule is CCN(C(=O)c1ccnc(C(=O)Nc2ccc(C(C)=O)cc2)c1)c1ccccc1. The summed E-state index contributed by atoms with van der Waals surface area (Å²) in [5.74, 6) is -0.686. The topological polar surface area (TPSA) is 79.4 Å². The first-order valence-electron chi connectivity index (χ1n) is 9.25. The molecule has 6 heteroatoms. The quantitative estimate of drug-likeness (QED) is 0.643. The lowest BCUT2D eigenvalue weighted by atomic mass is 10.1. The second kappa shape index (κ2) is 8.93. The maximum Gasteiger partial charge on any atom is 0.274 e. The molecule has 0 aliphatic rings. The van der Waals surface area contributed by atoms with Crippen molar-refractivity contribution in [1.29, 1.82) is 0 Å². The van der Waals surface area contributed by atoms with Crippen LogP contribution in [0, 0.1) is 0 Å². The third-order valence-corrected chi connectivity index (χ3v) is 4.42. The van der Waals surface area contributed by atoms with Crippen LogP contribution in [0.25, 0.3) is 0 Å². The first-order valence-corrected chi connectivity index (χ1v) is 9.25. The predicted molar refractivity (Wildman–Crippen MR) is 112 cm³/mol. The smallest absolute Gasteiger partial charge is 0.274 e. The lowest BCUT2D eigenvalue weighted by molar-refractivity contribution is 0.0985. The van der Waals surface area contributed by atoms with E-state index in [4.69, 9.17) is 0 Å². The van der Waals surface area contributed by atoms with Crippen LogP contribution >= 0.6 is 0 Å². The highest BCUT2D eigenvalue weighted by Gasteiger charge is 2.18. The van der Waals surface area contributed by atoms with Crippen LogP contribution in [-0.2, 0) is 0 Å². The molecular formula is C23H21N3O3. The molecule has 6 nitrogen and oxygen atoms in total. The maximum absolute atomic E-state index is 12.9.